The highest BCUT2D eigenvalue weighted by Crippen LogP contribution is 2.27. The minimum atomic E-state index is -0.815. The van der Waals surface area contributed by atoms with E-state index in [9.17, 15) is 9.59 Å². The zero-order valence-electron chi connectivity index (χ0n) is 14.0. The molecule has 7 heteroatoms. The number of amides is 1. The summed E-state index contributed by atoms with van der Waals surface area (Å²) >= 11 is 1.45. The molecule has 132 valence electrons. The molecule has 0 spiro atoms. The van der Waals surface area contributed by atoms with Crippen LogP contribution in [0.15, 0.2) is 35.7 Å². The monoisotopic (exact) mass is 359 g/mol. The number of hydrogen-bond acceptors (Lipinski definition) is 5. The van der Waals surface area contributed by atoms with Crippen molar-refractivity contribution >= 4 is 23.2 Å². The number of carbonyl (C=O) groups excluding carboxylic acids is 1. The van der Waals surface area contributed by atoms with Gasteiger partial charge in [0.25, 0.3) is 5.91 Å². The molecule has 25 heavy (non-hydrogen) atoms. The third kappa shape index (κ3) is 4.24. The van der Waals surface area contributed by atoms with Crippen LogP contribution < -0.4 is 5.32 Å². The molecule has 0 unspecified atom stereocenters. The summed E-state index contributed by atoms with van der Waals surface area (Å²) in [5, 5.41) is 14.5. The predicted molar refractivity (Wildman–Crippen MR) is 96.7 cm³/mol. The molecule has 0 aliphatic heterocycles. The smallest absolute Gasteiger partial charge is 0.317 e. The Hall–Kier alpha value is -2.25. The Morgan fingerprint density at radius 1 is 1.32 bits per heavy atom. The van der Waals surface area contributed by atoms with Gasteiger partial charge < -0.3 is 10.4 Å². The Labute approximate surface area is 150 Å². The number of thiazole rings is 1. The number of benzene rings is 1. The Morgan fingerprint density at radius 3 is 2.68 bits per heavy atom. The molecule has 3 rings (SSSR count). The number of rotatable bonds is 7. The SMILES string of the molecule is CCN(CC(=O)O)C1CC(NC(=O)c2csc(-c3ccccc3)n2)C1. The Kier molecular flexibility index (Phi) is 5.45. The predicted octanol–water partition coefficient (Wildman–Crippen LogP) is 2.48. The molecular weight excluding hydrogens is 338 g/mol. The van der Waals surface area contributed by atoms with Gasteiger partial charge in [0.2, 0.25) is 0 Å². The van der Waals surface area contributed by atoms with Crippen molar-refractivity contribution in [1.82, 2.24) is 15.2 Å². The van der Waals surface area contributed by atoms with Crippen molar-refractivity contribution in [2.45, 2.75) is 31.8 Å². The van der Waals surface area contributed by atoms with Gasteiger partial charge in [-0.1, -0.05) is 37.3 Å². The van der Waals surface area contributed by atoms with E-state index in [4.69, 9.17) is 5.11 Å². The lowest BCUT2D eigenvalue weighted by Crippen LogP contribution is -2.54. The highest BCUT2D eigenvalue weighted by molar-refractivity contribution is 7.13. The average Bonchev–Trinajstić information content (AvgIpc) is 3.06. The van der Waals surface area contributed by atoms with E-state index < -0.39 is 5.97 Å². The lowest BCUT2D eigenvalue weighted by molar-refractivity contribution is -0.139. The maximum Gasteiger partial charge on any atom is 0.317 e. The second-order valence-electron chi connectivity index (χ2n) is 6.16. The first-order valence-electron chi connectivity index (χ1n) is 8.34. The van der Waals surface area contributed by atoms with Crippen LogP contribution in [0.25, 0.3) is 10.6 Å². The van der Waals surface area contributed by atoms with Crippen molar-refractivity contribution < 1.29 is 14.7 Å². The number of nitrogens with zero attached hydrogens (tertiary/aromatic N) is 2. The molecule has 1 amide bonds. The highest BCUT2D eigenvalue weighted by atomic mass is 32.1. The zero-order valence-corrected chi connectivity index (χ0v) is 14.8. The van der Waals surface area contributed by atoms with Gasteiger partial charge in [0.15, 0.2) is 0 Å². The molecule has 0 bridgehead atoms. The first-order valence-corrected chi connectivity index (χ1v) is 9.22. The summed E-state index contributed by atoms with van der Waals surface area (Å²) in [7, 11) is 0. The molecule has 0 radical (unpaired) electrons. The van der Waals surface area contributed by atoms with Gasteiger partial charge in [-0.05, 0) is 19.4 Å². The van der Waals surface area contributed by atoms with Gasteiger partial charge in [0.1, 0.15) is 10.7 Å². The minimum absolute atomic E-state index is 0.0500. The van der Waals surface area contributed by atoms with Gasteiger partial charge in [0, 0.05) is 23.0 Å². The van der Waals surface area contributed by atoms with Gasteiger partial charge >= 0.3 is 5.97 Å². The second kappa shape index (κ2) is 7.76. The molecule has 0 saturated heterocycles. The lowest BCUT2D eigenvalue weighted by atomic mass is 9.85. The van der Waals surface area contributed by atoms with Crippen LogP contribution in [-0.4, -0.2) is 52.0 Å². The number of carbonyl (C=O) groups is 2. The van der Waals surface area contributed by atoms with E-state index in [1.54, 1.807) is 5.38 Å². The highest BCUT2D eigenvalue weighted by Gasteiger charge is 2.35. The summed E-state index contributed by atoms with van der Waals surface area (Å²) in [6, 6.07) is 10.1. The number of nitrogens with one attached hydrogen (secondary N) is 1. The van der Waals surface area contributed by atoms with Crippen molar-refractivity contribution in [1.29, 1.82) is 0 Å². The van der Waals surface area contributed by atoms with Crippen LogP contribution in [0.2, 0.25) is 0 Å². The summed E-state index contributed by atoms with van der Waals surface area (Å²) in [6.45, 7) is 2.70. The topological polar surface area (TPSA) is 82.5 Å². The van der Waals surface area contributed by atoms with E-state index in [0.29, 0.717) is 12.2 Å². The van der Waals surface area contributed by atoms with Crippen LogP contribution >= 0.6 is 11.3 Å². The molecule has 2 aromatic rings. The average molecular weight is 359 g/mol. The number of aromatic nitrogens is 1. The summed E-state index contributed by atoms with van der Waals surface area (Å²) in [6.07, 6.45) is 1.56. The van der Waals surface area contributed by atoms with E-state index in [-0.39, 0.29) is 24.5 Å². The fourth-order valence-corrected chi connectivity index (χ4v) is 3.83. The first-order chi connectivity index (χ1) is 12.1. The number of carboxylic acid groups (broad SMARTS) is 1. The molecule has 1 aliphatic rings. The third-order valence-electron chi connectivity index (χ3n) is 4.47. The summed E-state index contributed by atoms with van der Waals surface area (Å²) in [5.74, 6) is -0.978. The van der Waals surface area contributed by atoms with Gasteiger partial charge in [0.05, 0.1) is 6.54 Å². The van der Waals surface area contributed by atoms with Crippen molar-refractivity contribution in [3.63, 3.8) is 0 Å². The molecule has 1 heterocycles. The molecule has 1 fully saturated rings. The first kappa shape index (κ1) is 17.6. The van der Waals surface area contributed by atoms with Crippen LogP contribution in [-0.2, 0) is 4.79 Å². The molecule has 1 saturated carbocycles. The normalized spacial score (nSPS) is 19.4. The maximum absolute atomic E-state index is 12.3. The second-order valence-corrected chi connectivity index (χ2v) is 7.01. The van der Waals surface area contributed by atoms with Crippen molar-refractivity contribution in [2.75, 3.05) is 13.1 Å². The molecule has 1 aliphatic carbocycles. The summed E-state index contributed by atoms with van der Waals surface area (Å²) < 4.78 is 0. The maximum atomic E-state index is 12.3. The largest absolute Gasteiger partial charge is 0.480 e. The number of likely N-dealkylation sites (N-methyl/N-ethyl adjacent to an activating group) is 1. The molecule has 0 atom stereocenters. The van der Waals surface area contributed by atoms with E-state index in [1.807, 2.05) is 42.2 Å². The fraction of sp³-hybridized carbons (Fsp3) is 0.389. The van der Waals surface area contributed by atoms with Gasteiger partial charge in [-0.25, -0.2) is 4.98 Å². The molecule has 1 aromatic carbocycles. The Morgan fingerprint density at radius 2 is 2.04 bits per heavy atom. The van der Waals surface area contributed by atoms with Crippen LogP contribution in [0.1, 0.15) is 30.3 Å². The van der Waals surface area contributed by atoms with E-state index in [0.717, 1.165) is 23.4 Å². The third-order valence-corrected chi connectivity index (χ3v) is 5.36. The van der Waals surface area contributed by atoms with E-state index >= 15 is 0 Å². The molecule has 2 N–H and O–H groups in total. The van der Waals surface area contributed by atoms with Gasteiger partial charge in [-0.2, -0.15) is 0 Å². The van der Waals surface area contributed by atoms with Gasteiger partial charge in [-0.3, -0.25) is 14.5 Å². The van der Waals surface area contributed by atoms with Crippen molar-refractivity contribution in [3.8, 4) is 10.6 Å². The number of hydrogen-bond donors (Lipinski definition) is 2. The van der Waals surface area contributed by atoms with Crippen molar-refractivity contribution in [2.24, 2.45) is 0 Å². The zero-order chi connectivity index (χ0) is 17.8. The lowest BCUT2D eigenvalue weighted by Gasteiger charge is -2.42. The molecular formula is C18H21N3O3S. The van der Waals surface area contributed by atoms with Crippen LogP contribution in [0.5, 0.6) is 0 Å². The standard InChI is InChI=1S/C18H21N3O3S/c1-2-21(10-16(22)23)14-8-13(9-14)19-17(24)15-11-25-18(20-15)12-6-4-3-5-7-12/h3-7,11,13-14H,2,8-10H2,1H3,(H,19,24)(H,22,23). The number of aliphatic carboxylic acids is 1. The van der Waals surface area contributed by atoms with E-state index in [1.165, 1.54) is 11.3 Å². The quantitative estimate of drug-likeness (QED) is 0.794. The molecule has 6 nitrogen and oxygen atoms in total. The Bertz CT molecular complexity index is 741. The Balaban J connectivity index is 1.53. The van der Waals surface area contributed by atoms with Crippen molar-refractivity contribution in [3.05, 3.63) is 41.4 Å². The summed E-state index contributed by atoms with van der Waals surface area (Å²) in [4.78, 5) is 29.6. The minimum Gasteiger partial charge on any atom is -0.480 e. The fourth-order valence-electron chi connectivity index (χ4n) is 3.03. The van der Waals surface area contributed by atoms with Crippen LogP contribution in [0.4, 0.5) is 0 Å². The van der Waals surface area contributed by atoms with Crippen LogP contribution in [0.3, 0.4) is 0 Å². The number of carboxylic acids is 1. The van der Waals surface area contributed by atoms with E-state index in [2.05, 4.69) is 10.3 Å². The molecule has 1 aromatic heterocycles. The summed E-state index contributed by atoms with van der Waals surface area (Å²) in [5.41, 5.74) is 1.44. The van der Waals surface area contributed by atoms with Crippen LogP contribution in [0, 0.1) is 0 Å². The van der Waals surface area contributed by atoms with Gasteiger partial charge in [-0.15, -0.1) is 11.3 Å².